The predicted molar refractivity (Wildman–Crippen MR) is 135 cm³/mol. The Bertz CT molecular complexity index is 1400. The number of hydrazone groups is 1. The molecule has 0 atom stereocenters. The number of rotatable bonds is 9. The van der Waals surface area contributed by atoms with Crippen LogP contribution in [0.2, 0.25) is 0 Å². The molecule has 1 aliphatic heterocycles. The van der Waals surface area contributed by atoms with Gasteiger partial charge < -0.3 is 14.2 Å². The van der Waals surface area contributed by atoms with E-state index in [1.54, 1.807) is 43.3 Å². The highest BCUT2D eigenvalue weighted by atomic mass is 16.6. The number of fused-ring (bicyclic) bond motifs is 1. The van der Waals surface area contributed by atoms with E-state index in [9.17, 15) is 19.7 Å². The van der Waals surface area contributed by atoms with Crippen molar-refractivity contribution in [3.8, 4) is 11.5 Å². The standard InChI is InChI=1S/C27H23N3O7/c1-2-36-25-13-19(15-28-29-27(32)20-8-9-21-16-35-17-22(21)14-20)6-10-24(25)37-26(31)11-7-18-4-3-5-23(12-18)30(33)34/h3-15H,2,16-17H2,1H3,(H,29,32)/b11-7+,28-15?. The average Bonchev–Trinajstić information content (AvgIpc) is 3.37. The van der Waals surface area contributed by atoms with Gasteiger partial charge in [0.1, 0.15) is 0 Å². The van der Waals surface area contributed by atoms with Crippen molar-refractivity contribution in [3.63, 3.8) is 0 Å². The van der Waals surface area contributed by atoms with Crippen LogP contribution in [0, 0.1) is 10.1 Å². The van der Waals surface area contributed by atoms with E-state index in [1.165, 1.54) is 36.6 Å². The molecule has 0 aromatic heterocycles. The normalized spacial score (nSPS) is 12.5. The van der Waals surface area contributed by atoms with Crippen molar-refractivity contribution >= 4 is 29.9 Å². The average molecular weight is 501 g/mol. The molecule has 4 rings (SSSR count). The molecule has 1 aliphatic rings. The van der Waals surface area contributed by atoms with Gasteiger partial charge in [-0.1, -0.05) is 18.2 Å². The second-order valence-corrected chi connectivity index (χ2v) is 7.92. The van der Waals surface area contributed by atoms with Crippen molar-refractivity contribution in [2.45, 2.75) is 20.1 Å². The number of hydrogen-bond acceptors (Lipinski definition) is 8. The van der Waals surface area contributed by atoms with Gasteiger partial charge in [-0.15, -0.1) is 0 Å². The molecule has 37 heavy (non-hydrogen) atoms. The fourth-order valence-electron chi connectivity index (χ4n) is 3.55. The number of esters is 1. The zero-order valence-corrected chi connectivity index (χ0v) is 19.9. The van der Waals surface area contributed by atoms with Crippen LogP contribution >= 0.6 is 0 Å². The van der Waals surface area contributed by atoms with Crippen LogP contribution in [0.25, 0.3) is 6.08 Å². The molecule has 0 fully saturated rings. The molecule has 0 saturated heterocycles. The van der Waals surface area contributed by atoms with Crippen molar-refractivity contribution in [3.05, 3.63) is 105 Å². The van der Waals surface area contributed by atoms with Gasteiger partial charge in [0.05, 0.1) is 31.0 Å². The number of ether oxygens (including phenoxy) is 3. The minimum Gasteiger partial charge on any atom is -0.490 e. The van der Waals surface area contributed by atoms with E-state index in [-0.39, 0.29) is 17.3 Å². The van der Waals surface area contributed by atoms with E-state index >= 15 is 0 Å². The maximum atomic E-state index is 12.4. The molecule has 0 saturated carbocycles. The first-order chi connectivity index (χ1) is 17.9. The molecule has 0 spiro atoms. The Kier molecular flexibility index (Phi) is 8.01. The lowest BCUT2D eigenvalue weighted by atomic mass is 10.1. The van der Waals surface area contributed by atoms with Gasteiger partial charge in [-0.25, -0.2) is 10.2 Å². The molecule has 0 unspecified atom stereocenters. The summed E-state index contributed by atoms with van der Waals surface area (Å²) in [6.07, 6.45) is 4.04. The number of nitro groups is 1. The van der Waals surface area contributed by atoms with E-state index in [2.05, 4.69) is 10.5 Å². The monoisotopic (exact) mass is 501 g/mol. The number of amides is 1. The highest BCUT2D eigenvalue weighted by molar-refractivity contribution is 5.95. The van der Waals surface area contributed by atoms with Crippen LogP contribution < -0.4 is 14.9 Å². The number of hydrogen-bond donors (Lipinski definition) is 1. The summed E-state index contributed by atoms with van der Waals surface area (Å²) in [5.41, 5.74) is 6.05. The number of nitro benzene ring substituents is 1. The third-order valence-corrected chi connectivity index (χ3v) is 5.33. The lowest BCUT2D eigenvalue weighted by Crippen LogP contribution is -2.17. The Morgan fingerprint density at radius 1 is 1.05 bits per heavy atom. The molecule has 0 bridgehead atoms. The second-order valence-electron chi connectivity index (χ2n) is 7.92. The summed E-state index contributed by atoms with van der Waals surface area (Å²) >= 11 is 0. The molecule has 1 heterocycles. The van der Waals surface area contributed by atoms with Crippen LogP contribution in [0.5, 0.6) is 11.5 Å². The molecule has 10 heteroatoms. The van der Waals surface area contributed by atoms with Gasteiger partial charge in [0.2, 0.25) is 0 Å². The fourth-order valence-corrected chi connectivity index (χ4v) is 3.55. The Morgan fingerprint density at radius 2 is 1.89 bits per heavy atom. The summed E-state index contributed by atoms with van der Waals surface area (Å²) in [7, 11) is 0. The predicted octanol–water partition coefficient (Wildman–Crippen LogP) is 4.41. The molecule has 3 aromatic carbocycles. The summed E-state index contributed by atoms with van der Waals surface area (Å²) in [6, 6.07) is 16.1. The lowest BCUT2D eigenvalue weighted by molar-refractivity contribution is -0.384. The summed E-state index contributed by atoms with van der Waals surface area (Å²) in [6.45, 7) is 3.16. The Hall–Kier alpha value is -4.83. The maximum Gasteiger partial charge on any atom is 0.336 e. The summed E-state index contributed by atoms with van der Waals surface area (Å²) in [5, 5.41) is 14.9. The lowest BCUT2D eigenvalue weighted by Gasteiger charge is -2.10. The van der Waals surface area contributed by atoms with Crippen LogP contribution in [-0.4, -0.2) is 29.6 Å². The molecule has 188 valence electrons. The van der Waals surface area contributed by atoms with Gasteiger partial charge in [-0.3, -0.25) is 14.9 Å². The van der Waals surface area contributed by atoms with Crippen LogP contribution in [0.1, 0.15) is 39.5 Å². The first-order valence-corrected chi connectivity index (χ1v) is 11.4. The van der Waals surface area contributed by atoms with Crippen molar-refractivity contribution in [1.29, 1.82) is 0 Å². The van der Waals surface area contributed by atoms with E-state index in [0.29, 0.717) is 42.3 Å². The minimum absolute atomic E-state index is 0.0792. The van der Waals surface area contributed by atoms with Crippen molar-refractivity contribution in [2.75, 3.05) is 6.61 Å². The highest BCUT2D eigenvalue weighted by Crippen LogP contribution is 2.28. The van der Waals surface area contributed by atoms with Crippen LogP contribution in [0.3, 0.4) is 0 Å². The number of nitrogens with zero attached hydrogens (tertiary/aromatic N) is 2. The van der Waals surface area contributed by atoms with Gasteiger partial charge >= 0.3 is 5.97 Å². The van der Waals surface area contributed by atoms with Crippen molar-refractivity contribution < 1.29 is 28.7 Å². The number of carbonyl (C=O) groups excluding carboxylic acids is 2. The van der Waals surface area contributed by atoms with E-state index in [4.69, 9.17) is 14.2 Å². The van der Waals surface area contributed by atoms with Gasteiger partial charge in [0.25, 0.3) is 11.6 Å². The quantitative estimate of drug-likeness (QED) is 0.115. The largest absolute Gasteiger partial charge is 0.490 e. The number of benzene rings is 3. The molecule has 10 nitrogen and oxygen atoms in total. The molecule has 0 aliphatic carbocycles. The van der Waals surface area contributed by atoms with Gasteiger partial charge in [0.15, 0.2) is 11.5 Å². The van der Waals surface area contributed by atoms with Gasteiger partial charge in [0, 0.05) is 23.8 Å². The molecule has 1 N–H and O–H groups in total. The zero-order valence-electron chi connectivity index (χ0n) is 19.9. The van der Waals surface area contributed by atoms with Gasteiger partial charge in [-0.05, 0) is 65.6 Å². The number of nitrogens with one attached hydrogen (secondary N) is 1. The third-order valence-electron chi connectivity index (χ3n) is 5.33. The Balaban J connectivity index is 1.39. The maximum absolute atomic E-state index is 12.4. The van der Waals surface area contributed by atoms with E-state index in [1.807, 2.05) is 6.07 Å². The van der Waals surface area contributed by atoms with Crippen molar-refractivity contribution in [2.24, 2.45) is 5.10 Å². The van der Waals surface area contributed by atoms with Crippen LogP contribution in [-0.2, 0) is 22.7 Å². The molecule has 0 radical (unpaired) electrons. The van der Waals surface area contributed by atoms with Crippen molar-refractivity contribution in [1.82, 2.24) is 5.43 Å². The first kappa shape index (κ1) is 25.3. The SMILES string of the molecule is CCOc1cc(C=NNC(=O)c2ccc3c(c2)COC3)ccc1OC(=O)/C=C/c1cccc([N+](=O)[O-])c1. The molecular weight excluding hydrogens is 478 g/mol. The summed E-state index contributed by atoms with van der Waals surface area (Å²) < 4.78 is 16.3. The number of non-ortho nitro benzene ring substituents is 1. The smallest absolute Gasteiger partial charge is 0.336 e. The second kappa shape index (κ2) is 11.7. The molecule has 3 aromatic rings. The molecule has 1 amide bonds. The summed E-state index contributed by atoms with van der Waals surface area (Å²) in [5.74, 6) is -0.525. The first-order valence-electron chi connectivity index (χ1n) is 11.4. The van der Waals surface area contributed by atoms with Crippen LogP contribution in [0.15, 0.2) is 71.8 Å². The molecular formula is C27H23N3O7. The topological polar surface area (TPSA) is 129 Å². The third kappa shape index (κ3) is 6.65. The van der Waals surface area contributed by atoms with E-state index in [0.717, 1.165) is 11.1 Å². The number of carbonyl (C=O) groups is 2. The zero-order chi connectivity index (χ0) is 26.2. The van der Waals surface area contributed by atoms with E-state index < -0.39 is 10.9 Å². The van der Waals surface area contributed by atoms with Crippen LogP contribution in [0.4, 0.5) is 5.69 Å². The van der Waals surface area contributed by atoms with Gasteiger partial charge in [-0.2, -0.15) is 5.10 Å². The minimum atomic E-state index is -0.680. The summed E-state index contributed by atoms with van der Waals surface area (Å²) in [4.78, 5) is 35.1. The Morgan fingerprint density at radius 3 is 2.70 bits per heavy atom. The fraction of sp³-hybridized carbons (Fsp3) is 0.148. The highest BCUT2D eigenvalue weighted by Gasteiger charge is 2.14. The Labute approximate surface area is 212 Å².